The third-order valence-corrected chi connectivity index (χ3v) is 5.49. The molecule has 1 aromatic carbocycles. The average molecular weight is 393 g/mol. The summed E-state index contributed by atoms with van der Waals surface area (Å²) in [7, 11) is 0. The maximum atomic E-state index is 13.3. The van der Waals surface area contributed by atoms with Crippen molar-refractivity contribution >= 4 is 17.3 Å². The number of fused-ring (bicyclic) bond motifs is 1. The first-order chi connectivity index (χ1) is 12.8. The molecular formula is C18H14F3N3O2S. The number of hydrogen-bond acceptors (Lipinski definition) is 4. The van der Waals surface area contributed by atoms with Crippen molar-refractivity contribution < 1.29 is 23.1 Å². The van der Waals surface area contributed by atoms with Crippen LogP contribution in [0.1, 0.15) is 28.2 Å². The number of carboxylic acid groups (broad SMARTS) is 1. The minimum absolute atomic E-state index is 0.0142. The van der Waals surface area contributed by atoms with E-state index >= 15 is 0 Å². The van der Waals surface area contributed by atoms with Gasteiger partial charge in [-0.25, -0.2) is 14.5 Å². The second-order valence-electron chi connectivity index (χ2n) is 6.35. The number of aromatic carboxylic acids is 1. The van der Waals surface area contributed by atoms with Crippen LogP contribution in [-0.2, 0) is 12.8 Å². The van der Waals surface area contributed by atoms with E-state index in [1.54, 1.807) is 0 Å². The predicted molar refractivity (Wildman–Crippen MR) is 93.2 cm³/mol. The molecule has 140 valence electrons. The van der Waals surface area contributed by atoms with Crippen molar-refractivity contribution in [2.75, 3.05) is 0 Å². The fourth-order valence-corrected chi connectivity index (χ4v) is 4.11. The average Bonchev–Trinajstić information content (AvgIpc) is 3.26. The molecule has 2 aromatic heterocycles. The van der Waals surface area contributed by atoms with Crippen LogP contribution in [0.25, 0.3) is 16.4 Å². The van der Waals surface area contributed by atoms with Gasteiger partial charge < -0.3 is 5.11 Å². The summed E-state index contributed by atoms with van der Waals surface area (Å²) in [5.74, 6) is -2.63. The summed E-state index contributed by atoms with van der Waals surface area (Å²) < 4.78 is 41.2. The molecule has 0 bridgehead atoms. The van der Waals surface area contributed by atoms with Crippen molar-refractivity contribution in [2.45, 2.75) is 25.4 Å². The van der Waals surface area contributed by atoms with E-state index in [9.17, 15) is 18.0 Å². The Morgan fingerprint density at radius 1 is 1.26 bits per heavy atom. The Morgan fingerprint density at radius 2 is 2.00 bits per heavy atom. The van der Waals surface area contributed by atoms with E-state index < -0.39 is 18.1 Å². The van der Waals surface area contributed by atoms with Crippen LogP contribution in [0.2, 0.25) is 0 Å². The van der Waals surface area contributed by atoms with Crippen LogP contribution in [0.5, 0.6) is 0 Å². The summed E-state index contributed by atoms with van der Waals surface area (Å²) in [6.07, 6.45) is -4.20. The third-order valence-electron chi connectivity index (χ3n) is 4.67. The topological polar surface area (TPSA) is 68.0 Å². The molecule has 0 fully saturated rings. The van der Waals surface area contributed by atoms with Crippen molar-refractivity contribution in [1.29, 1.82) is 0 Å². The maximum Gasteiger partial charge on any atom is 0.392 e. The second kappa shape index (κ2) is 6.49. The largest absolute Gasteiger partial charge is 0.476 e. The van der Waals surface area contributed by atoms with E-state index in [0.717, 1.165) is 22.5 Å². The zero-order chi connectivity index (χ0) is 19.2. The fourth-order valence-electron chi connectivity index (χ4n) is 3.34. The van der Waals surface area contributed by atoms with Crippen molar-refractivity contribution in [1.82, 2.24) is 14.8 Å². The Hall–Kier alpha value is -2.68. The molecule has 1 aliphatic rings. The number of alkyl halides is 3. The number of rotatable bonds is 3. The molecular weight excluding hydrogens is 379 g/mol. The summed E-state index contributed by atoms with van der Waals surface area (Å²) in [6.45, 7) is 0. The Morgan fingerprint density at radius 3 is 2.63 bits per heavy atom. The molecule has 5 nitrogen and oxygen atoms in total. The van der Waals surface area contributed by atoms with E-state index in [-0.39, 0.29) is 30.1 Å². The van der Waals surface area contributed by atoms with Gasteiger partial charge in [-0.05, 0) is 12.8 Å². The number of hydrogen-bond donors (Lipinski definition) is 1. The van der Waals surface area contributed by atoms with Crippen molar-refractivity contribution in [3.8, 4) is 16.4 Å². The highest BCUT2D eigenvalue weighted by Gasteiger charge is 2.43. The fraction of sp³-hybridized carbons (Fsp3) is 0.278. The Labute approximate surface area is 156 Å². The molecule has 0 amide bonds. The van der Waals surface area contributed by atoms with E-state index in [1.807, 2.05) is 30.3 Å². The Bertz CT molecular complexity index is 995. The predicted octanol–water partition coefficient (Wildman–Crippen LogP) is 4.36. The molecule has 0 saturated heterocycles. The zero-order valence-corrected chi connectivity index (χ0v) is 14.7. The molecule has 2 heterocycles. The van der Waals surface area contributed by atoms with Crippen LogP contribution < -0.4 is 0 Å². The van der Waals surface area contributed by atoms with Crippen LogP contribution in [0.4, 0.5) is 13.2 Å². The van der Waals surface area contributed by atoms with Gasteiger partial charge in [0.15, 0.2) is 5.69 Å². The van der Waals surface area contributed by atoms with Gasteiger partial charge in [0.1, 0.15) is 0 Å². The van der Waals surface area contributed by atoms with Crippen LogP contribution in [-0.4, -0.2) is 32.0 Å². The SMILES string of the molecule is O=C(O)c1csc(-n2nc(-c3ccccc3)c3c2CC(C(F)(F)F)CC3)n1. The molecule has 0 aliphatic heterocycles. The standard InChI is InChI=1S/C18H14F3N3O2S/c19-18(20,21)11-6-7-12-14(8-11)24(17-22-13(9-27-17)16(25)26)23-15(12)10-4-2-1-3-5-10/h1-5,9,11H,6-8H2,(H,25,26). The van der Waals surface area contributed by atoms with Gasteiger partial charge in [-0.2, -0.15) is 18.3 Å². The summed E-state index contributed by atoms with van der Waals surface area (Å²) in [6, 6.07) is 9.25. The smallest absolute Gasteiger partial charge is 0.392 e. The number of aromatic nitrogens is 3. The first-order valence-electron chi connectivity index (χ1n) is 8.26. The lowest BCUT2D eigenvalue weighted by Crippen LogP contribution is -2.29. The quantitative estimate of drug-likeness (QED) is 0.718. The Balaban J connectivity index is 1.85. The maximum absolute atomic E-state index is 13.3. The molecule has 1 aliphatic carbocycles. The van der Waals surface area contributed by atoms with Crippen molar-refractivity contribution in [2.24, 2.45) is 5.92 Å². The lowest BCUT2D eigenvalue weighted by Gasteiger charge is -2.25. The zero-order valence-electron chi connectivity index (χ0n) is 13.9. The summed E-state index contributed by atoms with van der Waals surface area (Å²) in [5, 5.41) is 15.2. The van der Waals surface area contributed by atoms with Crippen LogP contribution in [0.3, 0.4) is 0 Å². The second-order valence-corrected chi connectivity index (χ2v) is 7.19. The minimum atomic E-state index is -4.28. The van der Waals surface area contributed by atoms with Crippen LogP contribution >= 0.6 is 11.3 Å². The van der Waals surface area contributed by atoms with Crippen LogP contribution in [0.15, 0.2) is 35.7 Å². The molecule has 0 radical (unpaired) electrons. The van der Waals surface area contributed by atoms with Gasteiger partial charge in [-0.1, -0.05) is 30.3 Å². The minimum Gasteiger partial charge on any atom is -0.476 e. The molecule has 27 heavy (non-hydrogen) atoms. The Kier molecular flexibility index (Phi) is 4.26. The van der Waals surface area contributed by atoms with Gasteiger partial charge >= 0.3 is 12.1 Å². The van der Waals surface area contributed by atoms with Crippen molar-refractivity contribution in [3.05, 3.63) is 52.7 Å². The molecule has 0 spiro atoms. The molecule has 4 rings (SSSR count). The number of thiazole rings is 1. The summed E-state index contributed by atoms with van der Waals surface area (Å²) >= 11 is 1.05. The lowest BCUT2D eigenvalue weighted by molar-refractivity contribution is -0.177. The number of halogens is 3. The first-order valence-corrected chi connectivity index (χ1v) is 9.14. The van der Waals surface area contributed by atoms with E-state index in [4.69, 9.17) is 5.11 Å². The number of benzene rings is 1. The highest BCUT2D eigenvalue weighted by Crippen LogP contribution is 2.41. The molecule has 1 unspecified atom stereocenters. The molecule has 9 heteroatoms. The van der Waals surface area contributed by atoms with Gasteiger partial charge in [0, 0.05) is 22.9 Å². The lowest BCUT2D eigenvalue weighted by atomic mass is 9.85. The molecule has 0 saturated carbocycles. The highest BCUT2D eigenvalue weighted by molar-refractivity contribution is 7.12. The van der Waals surface area contributed by atoms with Gasteiger partial charge in [-0.3, -0.25) is 0 Å². The molecule has 1 atom stereocenters. The monoisotopic (exact) mass is 393 g/mol. The van der Waals surface area contributed by atoms with Gasteiger partial charge in [0.05, 0.1) is 17.3 Å². The third kappa shape index (κ3) is 3.23. The normalized spacial score (nSPS) is 16.9. The van der Waals surface area contributed by atoms with Gasteiger partial charge in [-0.15, -0.1) is 11.3 Å². The molecule has 3 aromatic rings. The van der Waals surface area contributed by atoms with Gasteiger partial charge in [0.2, 0.25) is 5.13 Å². The summed E-state index contributed by atoms with van der Waals surface area (Å²) in [4.78, 5) is 15.1. The number of nitrogens with zero attached hydrogens (tertiary/aromatic N) is 3. The van der Waals surface area contributed by atoms with Crippen molar-refractivity contribution in [3.63, 3.8) is 0 Å². The number of carbonyl (C=O) groups is 1. The highest BCUT2D eigenvalue weighted by atomic mass is 32.1. The van der Waals surface area contributed by atoms with E-state index in [2.05, 4.69) is 10.1 Å². The van der Waals surface area contributed by atoms with Crippen LogP contribution in [0, 0.1) is 5.92 Å². The first kappa shape index (κ1) is 17.7. The van der Waals surface area contributed by atoms with E-state index in [1.165, 1.54) is 10.1 Å². The molecule has 1 N–H and O–H groups in total. The number of carboxylic acids is 1. The van der Waals surface area contributed by atoms with E-state index in [0.29, 0.717) is 11.4 Å². The van der Waals surface area contributed by atoms with Gasteiger partial charge in [0.25, 0.3) is 0 Å². The summed E-state index contributed by atoms with van der Waals surface area (Å²) in [5.41, 5.74) is 2.51.